The molecule has 3 N–H and O–H groups in total. The van der Waals surface area contributed by atoms with Gasteiger partial charge in [-0.2, -0.15) is 13.9 Å². The molecule has 10 nitrogen and oxygen atoms in total. The maximum Gasteiger partial charge on any atom is 0.351 e. The topological polar surface area (TPSA) is 130 Å². The Morgan fingerprint density at radius 2 is 1.94 bits per heavy atom. The summed E-state index contributed by atoms with van der Waals surface area (Å²) in [6.07, 6.45) is 2.27. The first kappa shape index (κ1) is 21.8. The lowest BCUT2D eigenvalue weighted by Crippen LogP contribution is -2.27. The fraction of sp³-hybridized carbons (Fsp3) is 0.190. The summed E-state index contributed by atoms with van der Waals surface area (Å²) >= 11 is 0. The zero-order valence-electron chi connectivity index (χ0n) is 17.3. The van der Waals surface area contributed by atoms with Gasteiger partial charge in [0.1, 0.15) is 12.1 Å². The molecule has 1 amide bonds. The number of nitrogens with zero attached hydrogens (tertiary/aromatic N) is 5. The molecule has 3 aromatic heterocycles. The predicted molar refractivity (Wildman–Crippen MR) is 113 cm³/mol. The molecule has 0 bridgehead atoms. The summed E-state index contributed by atoms with van der Waals surface area (Å²) in [6.45, 7) is 0.863. The van der Waals surface area contributed by atoms with E-state index in [1.807, 2.05) is 0 Å². The number of ether oxygens (including phenoxy) is 1. The van der Waals surface area contributed by atoms with Crippen molar-refractivity contribution in [2.75, 3.05) is 18.5 Å². The van der Waals surface area contributed by atoms with Gasteiger partial charge in [0.25, 0.3) is 12.0 Å². The normalized spacial score (nSPS) is 12.2. The van der Waals surface area contributed by atoms with Crippen molar-refractivity contribution in [3.05, 3.63) is 69.7 Å². The third-order valence-corrected chi connectivity index (χ3v) is 4.69. The van der Waals surface area contributed by atoms with Crippen LogP contribution in [0.15, 0.2) is 47.3 Å². The fourth-order valence-corrected chi connectivity index (χ4v) is 3.03. The van der Waals surface area contributed by atoms with Crippen LogP contribution in [0.3, 0.4) is 0 Å². The Morgan fingerprint density at radius 1 is 1.21 bits per heavy atom. The third kappa shape index (κ3) is 4.63. The number of carbonyl (C=O) groups excluding carboxylic acids is 1. The van der Waals surface area contributed by atoms with Crippen LogP contribution >= 0.6 is 0 Å². The number of anilines is 1. The van der Waals surface area contributed by atoms with E-state index in [-0.39, 0.29) is 24.6 Å². The number of halogens is 2. The Kier molecular flexibility index (Phi) is 5.97. The van der Waals surface area contributed by atoms with Crippen LogP contribution < -0.4 is 21.5 Å². The number of rotatable bonds is 4. The molecule has 12 heteroatoms. The van der Waals surface area contributed by atoms with Gasteiger partial charge in [0.05, 0.1) is 6.54 Å². The molecule has 0 saturated carbocycles. The molecular formula is C21H17F2N7O3. The Labute approximate surface area is 185 Å². The first-order valence-electron chi connectivity index (χ1n) is 9.65. The van der Waals surface area contributed by atoms with E-state index < -0.39 is 18.3 Å². The molecule has 0 aliphatic carbocycles. The van der Waals surface area contributed by atoms with Gasteiger partial charge in [0.15, 0.2) is 18.2 Å². The lowest BCUT2D eigenvalue weighted by atomic mass is 10.2. The van der Waals surface area contributed by atoms with Crippen molar-refractivity contribution >= 4 is 11.7 Å². The zero-order valence-corrected chi connectivity index (χ0v) is 17.3. The van der Waals surface area contributed by atoms with Crippen LogP contribution in [0.25, 0.3) is 5.82 Å². The fourth-order valence-electron chi connectivity index (χ4n) is 3.03. The molecular weight excluding hydrogens is 436 g/mol. The Hall–Kier alpha value is -4.37. The van der Waals surface area contributed by atoms with Crippen molar-refractivity contribution in [1.29, 1.82) is 0 Å². The first-order chi connectivity index (χ1) is 15.9. The number of amides is 1. The van der Waals surface area contributed by atoms with Gasteiger partial charge in [-0.15, -0.1) is 0 Å². The summed E-state index contributed by atoms with van der Waals surface area (Å²) in [5.74, 6) is 6.70. The minimum absolute atomic E-state index is 0.0847. The largest absolute Gasteiger partial charge is 0.480 e. The lowest BCUT2D eigenvalue weighted by molar-refractivity contribution is -0.118. The first-order valence-corrected chi connectivity index (χ1v) is 9.65. The molecule has 0 spiro atoms. The Morgan fingerprint density at radius 3 is 2.64 bits per heavy atom. The van der Waals surface area contributed by atoms with Crippen molar-refractivity contribution in [2.24, 2.45) is 5.73 Å². The number of pyridine rings is 2. The number of nitrogens with one attached hydrogen (secondary N) is 1. The molecule has 0 fully saturated rings. The number of aromatic nitrogens is 5. The second-order valence-electron chi connectivity index (χ2n) is 7.03. The predicted octanol–water partition coefficient (Wildman–Crippen LogP) is 0.972. The van der Waals surface area contributed by atoms with E-state index in [9.17, 15) is 18.4 Å². The van der Waals surface area contributed by atoms with Gasteiger partial charge in [-0.05, 0) is 18.6 Å². The van der Waals surface area contributed by atoms with Gasteiger partial charge in [-0.25, -0.2) is 24.0 Å². The highest BCUT2D eigenvalue weighted by atomic mass is 19.3. The Bertz CT molecular complexity index is 1390. The van der Waals surface area contributed by atoms with Crippen molar-refractivity contribution in [2.45, 2.75) is 13.5 Å². The van der Waals surface area contributed by atoms with Crippen LogP contribution in [0.5, 0.6) is 5.75 Å². The average molecular weight is 453 g/mol. The highest BCUT2D eigenvalue weighted by molar-refractivity contribution is 5.94. The Balaban J connectivity index is 1.56. The van der Waals surface area contributed by atoms with Crippen LogP contribution in [0.1, 0.15) is 16.7 Å². The second-order valence-corrected chi connectivity index (χ2v) is 7.03. The van der Waals surface area contributed by atoms with E-state index in [1.165, 1.54) is 18.7 Å². The van der Waals surface area contributed by atoms with Crippen LogP contribution in [0.4, 0.5) is 14.6 Å². The minimum Gasteiger partial charge on any atom is -0.480 e. The average Bonchev–Trinajstić information content (AvgIpc) is 3.15. The molecule has 168 valence electrons. The molecule has 0 saturated heterocycles. The van der Waals surface area contributed by atoms with Gasteiger partial charge in [0, 0.05) is 41.7 Å². The SMILES string of the molecule is Cc1cc(C#Cc2cnc3c(c2)OCC(=O)N3)cnc1-n1cnn(CC(CN)=C(F)F)c1=O. The van der Waals surface area contributed by atoms with E-state index in [0.29, 0.717) is 34.1 Å². The smallest absolute Gasteiger partial charge is 0.351 e. The highest BCUT2D eigenvalue weighted by Crippen LogP contribution is 2.25. The summed E-state index contributed by atoms with van der Waals surface area (Å²) in [6, 6.07) is 3.40. The molecule has 3 aromatic rings. The maximum absolute atomic E-state index is 12.8. The number of carbonyl (C=O) groups is 1. The van der Waals surface area contributed by atoms with Gasteiger partial charge < -0.3 is 15.8 Å². The second kappa shape index (κ2) is 9.01. The minimum atomic E-state index is -1.93. The number of hydrogen-bond acceptors (Lipinski definition) is 7. The van der Waals surface area contributed by atoms with E-state index in [2.05, 4.69) is 32.2 Å². The molecule has 1 aliphatic rings. The highest BCUT2D eigenvalue weighted by Gasteiger charge is 2.17. The van der Waals surface area contributed by atoms with Crippen LogP contribution in [-0.2, 0) is 11.3 Å². The van der Waals surface area contributed by atoms with E-state index in [4.69, 9.17) is 10.5 Å². The molecule has 4 heterocycles. The quantitative estimate of drug-likeness (QED) is 0.563. The van der Waals surface area contributed by atoms with Gasteiger partial charge in [-0.3, -0.25) is 4.79 Å². The number of fused-ring (bicyclic) bond motifs is 1. The van der Waals surface area contributed by atoms with Gasteiger partial charge in [-0.1, -0.05) is 11.8 Å². The summed E-state index contributed by atoms with van der Waals surface area (Å²) in [7, 11) is 0. The van der Waals surface area contributed by atoms with E-state index in [1.54, 1.807) is 19.1 Å². The van der Waals surface area contributed by atoms with Crippen LogP contribution in [0, 0.1) is 18.8 Å². The van der Waals surface area contributed by atoms with E-state index >= 15 is 0 Å². The molecule has 0 aromatic carbocycles. The van der Waals surface area contributed by atoms with Crippen molar-refractivity contribution < 1.29 is 18.3 Å². The number of hydrogen-bond donors (Lipinski definition) is 2. The van der Waals surface area contributed by atoms with Crippen LogP contribution in [-0.4, -0.2) is 43.4 Å². The standard InChI is InChI=1S/C21H17F2N7O3/c1-12-4-13(2-3-14-5-16-19(25-7-14)28-17(31)10-33-16)8-26-20(12)29-11-27-30(21(29)32)9-15(6-24)18(22)23/h4-5,7-8,11H,6,9-10,24H2,1H3,(H,25,28,31). The van der Waals surface area contributed by atoms with Crippen molar-refractivity contribution in [3.8, 4) is 23.4 Å². The van der Waals surface area contributed by atoms with Crippen molar-refractivity contribution in [3.63, 3.8) is 0 Å². The molecule has 0 radical (unpaired) electrons. The van der Waals surface area contributed by atoms with Crippen LogP contribution in [0.2, 0.25) is 0 Å². The third-order valence-electron chi connectivity index (χ3n) is 4.69. The lowest BCUT2D eigenvalue weighted by Gasteiger charge is -2.16. The van der Waals surface area contributed by atoms with E-state index in [0.717, 1.165) is 9.25 Å². The molecule has 1 aliphatic heterocycles. The molecule has 0 atom stereocenters. The number of nitrogens with two attached hydrogens (primary N) is 1. The van der Waals surface area contributed by atoms with Gasteiger partial charge >= 0.3 is 5.69 Å². The summed E-state index contributed by atoms with van der Waals surface area (Å²) in [5, 5.41) is 6.47. The summed E-state index contributed by atoms with van der Waals surface area (Å²) < 4.78 is 33.1. The molecule has 0 unspecified atom stereocenters. The summed E-state index contributed by atoms with van der Waals surface area (Å²) in [4.78, 5) is 32.3. The van der Waals surface area contributed by atoms with Crippen molar-refractivity contribution in [1.82, 2.24) is 24.3 Å². The zero-order chi connectivity index (χ0) is 23.5. The molecule has 4 rings (SSSR count). The summed E-state index contributed by atoms with van der Waals surface area (Å²) in [5.41, 5.74) is 6.09. The monoisotopic (exact) mass is 453 g/mol. The maximum atomic E-state index is 12.8. The number of aryl methyl sites for hydroxylation is 1. The van der Waals surface area contributed by atoms with Gasteiger partial charge in [0.2, 0.25) is 0 Å². The molecule has 33 heavy (non-hydrogen) atoms.